The summed E-state index contributed by atoms with van der Waals surface area (Å²) < 4.78 is 33.9. The van der Waals surface area contributed by atoms with Crippen LogP contribution >= 0.6 is 0 Å². The van der Waals surface area contributed by atoms with E-state index in [0.29, 0.717) is 23.7 Å². The zero-order valence-electron chi connectivity index (χ0n) is 18.4. The number of hydrogen-bond acceptors (Lipinski definition) is 5. The van der Waals surface area contributed by atoms with Crippen molar-refractivity contribution < 1.29 is 17.9 Å². The van der Waals surface area contributed by atoms with Gasteiger partial charge < -0.3 is 10.1 Å². The Hall–Kier alpha value is -4.17. The molecular weight excluding hydrogens is 450 g/mol. The predicted octanol–water partition coefficient (Wildman–Crippen LogP) is 5.02. The third-order valence-corrected chi connectivity index (χ3v) is 6.31. The van der Waals surface area contributed by atoms with Gasteiger partial charge in [0.25, 0.3) is 15.9 Å². The minimum atomic E-state index is -3.85. The molecule has 0 radical (unpaired) electrons. The van der Waals surface area contributed by atoms with Crippen LogP contribution in [0.3, 0.4) is 0 Å². The quantitative estimate of drug-likeness (QED) is 0.374. The number of hydrogen-bond donors (Lipinski definition) is 2. The van der Waals surface area contributed by atoms with Crippen LogP contribution < -0.4 is 14.8 Å². The molecular formula is C26H23N3O4S. The Morgan fingerprint density at radius 2 is 1.71 bits per heavy atom. The molecule has 7 nitrogen and oxygen atoms in total. The zero-order valence-corrected chi connectivity index (χ0v) is 19.2. The number of anilines is 2. The first-order valence-electron chi connectivity index (χ1n) is 10.5. The Labute approximate surface area is 198 Å². The van der Waals surface area contributed by atoms with Crippen LogP contribution in [0.4, 0.5) is 11.4 Å². The zero-order chi connectivity index (χ0) is 24.0. The minimum absolute atomic E-state index is 0.00530. The van der Waals surface area contributed by atoms with Gasteiger partial charge in [-0.05, 0) is 55.5 Å². The van der Waals surface area contributed by atoms with Crippen LogP contribution in [0.25, 0.3) is 0 Å². The van der Waals surface area contributed by atoms with Crippen LogP contribution in [0.2, 0.25) is 0 Å². The number of aryl methyl sites for hydroxylation is 1. The van der Waals surface area contributed by atoms with Gasteiger partial charge in [0.1, 0.15) is 12.4 Å². The lowest BCUT2D eigenvalue weighted by atomic mass is 10.2. The number of pyridine rings is 1. The van der Waals surface area contributed by atoms with E-state index >= 15 is 0 Å². The van der Waals surface area contributed by atoms with Crippen molar-refractivity contribution in [2.45, 2.75) is 18.4 Å². The SMILES string of the molecule is Cc1ccc(NS(=O)(=O)c2cccc(C(=O)Nc3cccc(OCc4cccnc4)c3)c2)cc1. The summed E-state index contributed by atoms with van der Waals surface area (Å²) in [7, 11) is -3.85. The van der Waals surface area contributed by atoms with Crippen LogP contribution in [-0.2, 0) is 16.6 Å². The first kappa shape index (κ1) is 23.0. The Bertz CT molecular complexity index is 1390. The highest BCUT2D eigenvalue weighted by atomic mass is 32.2. The van der Waals surface area contributed by atoms with Crippen molar-refractivity contribution in [1.82, 2.24) is 4.98 Å². The Morgan fingerprint density at radius 1 is 0.912 bits per heavy atom. The number of carbonyl (C=O) groups is 1. The number of amides is 1. The molecule has 34 heavy (non-hydrogen) atoms. The van der Waals surface area contributed by atoms with Gasteiger partial charge in [-0.2, -0.15) is 0 Å². The highest BCUT2D eigenvalue weighted by molar-refractivity contribution is 7.92. The molecule has 1 amide bonds. The van der Waals surface area contributed by atoms with Crippen molar-refractivity contribution in [3.05, 3.63) is 114 Å². The number of rotatable bonds is 8. The molecule has 0 bridgehead atoms. The predicted molar refractivity (Wildman–Crippen MR) is 131 cm³/mol. The van der Waals surface area contributed by atoms with Crippen LogP contribution in [-0.4, -0.2) is 19.3 Å². The summed E-state index contributed by atoms with van der Waals surface area (Å²) in [5, 5.41) is 2.78. The molecule has 0 fully saturated rings. The third kappa shape index (κ3) is 5.99. The first-order valence-corrected chi connectivity index (χ1v) is 12.0. The minimum Gasteiger partial charge on any atom is -0.489 e. The van der Waals surface area contributed by atoms with Gasteiger partial charge in [-0.1, -0.05) is 35.9 Å². The molecule has 2 N–H and O–H groups in total. The molecule has 172 valence electrons. The van der Waals surface area contributed by atoms with Gasteiger partial charge in [-0.15, -0.1) is 0 Å². The average Bonchev–Trinajstić information content (AvgIpc) is 2.85. The van der Waals surface area contributed by atoms with Gasteiger partial charge >= 0.3 is 0 Å². The molecule has 0 spiro atoms. The fourth-order valence-corrected chi connectivity index (χ4v) is 4.26. The Kier molecular flexibility index (Phi) is 6.89. The van der Waals surface area contributed by atoms with E-state index in [0.717, 1.165) is 11.1 Å². The number of benzene rings is 3. The van der Waals surface area contributed by atoms with Crippen molar-refractivity contribution >= 4 is 27.3 Å². The average molecular weight is 474 g/mol. The van der Waals surface area contributed by atoms with Crippen LogP contribution in [0, 0.1) is 6.92 Å². The normalized spacial score (nSPS) is 11.0. The molecule has 0 unspecified atom stereocenters. The van der Waals surface area contributed by atoms with E-state index in [1.165, 1.54) is 18.2 Å². The molecule has 4 aromatic rings. The molecule has 0 aliphatic rings. The lowest BCUT2D eigenvalue weighted by Crippen LogP contribution is -2.16. The van der Waals surface area contributed by atoms with E-state index in [1.807, 2.05) is 31.2 Å². The fraction of sp³-hybridized carbons (Fsp3) is 0.0769. The van der Waals surface area contributed by atoms with Crippen molar-refractivity contribution in [2.75, 3.05) is 10.0 Å². The molecule has 1 aromatic heterocycles. The fourth-order valence-electron chi connectivity index (χ4n) is 3.16. The van der Waals surface area contributed by atoms with Crippen molar-refractivity contribution in [1.29, 1.82) is 0 Å². The molecule has 8 heteroatoms. The molecule has 0 aliphatic heterocycles. The lowest BCUT2D eigenvalue weighted by molar-refractivity contribution is 0.102. The summed E-state index contributed by atoms with van der Waals surface area (Å²) in [5.41, 5.74) is 3.14. The molecule has 3 aromatic carbocycles. The van der Waals surface area contributed by atoms with E-state index in [4.69, 9.17) is 4.74 Å². The van der Waals surface area contributed by atoms with E-state index in [2.05, 4.69) is 15.0 Å². The maximum Gasteiger partial charge on any atom is 0.261 e. The lowest BCUT2D eigenvalue weighted by Gasteiger charge is -2.11. The second-order valence-corrected chi connectivity index (χ2v) is 9.31. The number of nitrogens with zero attached hydrogens (tertiary/aromatic N) is 1. The number of sulfonamides is 1. The second-order valence-electron chi connectivity index (χ2n) is 7.63. The van der Waals surface area contributed by atoms with E-state index in [-0.39, 0.29) is 10.5 Å². The maximum absolute atomic E-state index is 12.8. The monoisotopic (exact) mass is 473 g/mol. The number of carbonyl (C=O) groups excluding carboxylic acids is 1. The summed E-state index contributed by atoms with van der Waals surface area (Å²) in [4.78, 5) is 16.9. The van der Waals surface area contributed by atoms with Crippen molar-refractivity contribution in [3.63, 3.8) is 0 Å². The van der Waals surface area contributed by atoms with Gasteiger partial charge in [0.2, 0.25) is 0 Å². The molecule has 0 aliphatic carbocycles. The van der Waals surface area contributed by atoms with Gasteiger partial charge in [0.05, 0.1) is 4.90 Å². The molecule has 0 saturated heterocycles. The summed E-state index contributed by atoms with van der Waals surface area (Å²) in [6.07, 6.45) is 3.42. The number of ether oxygens (including phenoxy) is 1. The Balaban J connectivity index is 1.44. The van der Waals surface area contributed by atoms with Gasteiger partial charge in [-0.3, -0.25) is 14.5 Å². The second kappa shape index (κ2) is 10.2. The standard InChI is InChI=1S/C26H23N3O4S/c1-19-10-12-22(13-11-19)29-34(31,32)25-9-2-6-21(15-25)26(30)28-23-7-3-8-24(16-23)33-18-20-5-4-14-27-17-20/h2-17,29H,18H2,1H3,(H,28,30). The summed E-state index contributed by atoms with van der Waals surface area (Å²) in [5.74, 6) is 0.150. The highest BCUT2D eigenvalue weighted by Gasteiger charge is 2.17. The van der Waals surface area contributed by atoms with E-state index in [9.17, 15) is 13.2 Å². The number of aromatic nitrogens is 1. The Morgan fingerprint density at radius 3 is 2.47 bits per heavy atom. The topological polar surface area (TPSA) is 97.4 Å². The van der Waals surface area contributed by atoms with E-state index < -0.39 is 15.9 Å². The molecule has 0 atom stereocenters. The van der Waals surface area contributed by atoms with Gasteiger partial charge in [0.15, 0.2) is 0 Å². The molecule has 4 rings (SSSR count). The maximum atomic E-state index is 12.8. The highest BCUT2D eigenvalue weighted by Crippen LogP contribution is 2.21. The summed E-state index contributed by atoms with van der Waals surface area (Å²) in [6, 6.07) is 23.6. The largest absolute Gasteiger partial charge is 0.489 e. The van der Waals surface area contributed by atoms with Crippen molar-refractivity contribution in [3.8, 4) is 5.75 Å². The van der Waals surface area contributed by atoms with Crippen LogP contribution in [0.1, 0.15) is 21.5 Å². The van der Waals surface area contributed by atoms with Gasteiger partial charge in [-0.25, -0.2) is 8.42 Å². The van der Waals surface area contributed by atoms with Crippen molar-refractivity contribution in [2.24, 2.45) is 0 Å². The molecule has 0 saturated carbocycles. The first-order chi connectivity index (χ1) is 16.4. The molecule has 1 heterocycles. The summed E-state index contributed by atoms with van der Waals surface area (Å²) >= 11 is 0. The van der Waals surface area contributed by atoms with Gasteiger partial charge in [0, 0.05) is 41.0 Å². The van der Waals surface area contributed by atoms with Crippen LogP contribution in [0.5, 0.6) is 5.75 Å². The van der Waals surface area contributed by atoms with Crippen LogP contribution in [0.15, 0.2) is 102 Å². The summed E-state index contributed by atoms with van der Waals surface area (Å²) in [6.45, 7) is 2.27. The smallest absolute Gasteiger partial charge is 0.261 e. The number of nitrogens with one attached hydrogen (secondary N) is 2. The van der Waals surface area contributed by atoms with E-state index in [1.54, 1.807) is 54.9 Å². The third-order valence-electron chi connectivity index (χ3n) is 4.93.